The molecule has 1 spiro atoms. The summed E-state index contributed by atoms with van der Waals surface area (Å²) in [4.78, 5) is 55.0. The molecule has 1 fully saturated rings. The quantitative estimate of drug-likeness (QED) is 0.331. The van der Waals surface area contributed by atoms with Crippen LogP contribution in [-0.4, -0.2) is 42.5 Å². The zero-order valence-electron chi connectivity index (χ0n) is 20.7. The zero-order chi connectivity index (χ0) is 26.0. The number of nitro groups is 1. The van der Waals surface area contributed by atoms with Crippen LogP contribution in [0.4, 0.5) is 21.9 Å². The average molecular weight is 495 g/mol. The second kappa shape index (κ2) is 9.96. The number of unbranched alkanes of at least 4 members (excludes halogenated alkanes) is 1. The molecule has 2 atom stereocenters. The number of carbonyl (C=O) groups excluding carboxylic acids is 3. The number of carbonyl (C=O) groups is 3. The van der Waals surface area contributed by atoms with Crippen LogP contribution in [0.2, 0.25) is 0 Å². The number of benzene rings is 2. The number of methoxy groups -OCH3 is 1. The SMILES string of the molecule is CCCCN1c2ccc([N+](=O)[O-])cc2C[C@]2(C(=O)NC(=O)N(c3cccc(OC)c3)C2=O)[C@@H]1CCC. The van der Waals surface area contributed by atoms with Crippen LogP contribution in [0.15, 0.2) is 42.5 Å². The molecule has 1 N–H and O–H groups in total. The molecule has 2 aromatic carbocycles. The van der Waals surface area contributed by atoms with Gasteiger partial charge in [0.15, 0.2) is 5.41 Å². The number of rotatable bonds is 8. The Morgan fingerprint density at radius 1 is 1.14 bits per heavy atom. The molecule has 36 heavy (non-hydrogen) atoms. The van der Waals surface area contributed by atoms with E-state index in [2.05, 4.69) is 5.32 Å². The summed E-state index contributed by atoms with van der Waals surface area (Å²) in [7, 11) is 1.48. The number of barbiturate groups is 1. The molecule has 4 rings (SSSR count). The first-order valence-electron chi connectivity index (χ1n) is 12.2. The summed E-state index contributed by atoms with van der Waals surface area (Å²) in [6.07, 6.45) is 2.88. The van der Waals surface area contributed by atoms with E-state index in [1.807, 2.05) is 18.7 Å². The van der Waals surface area contributed by atoms with Gasteiger partial charge in [-0.15, -0.1) is 0 Å². The molecule has 10 nitrogen and oxygen atoms in total. The lowest BCUT2D eigenvalue weighted by Gasteiger charge is -2.52. The number of nitrogens with zero attached hydrogens (tertiary/aromatic N) is 3. The fourth-order valence-electron chi connectivity index (χ4n) is 5.33. The first kappa shape index (κ1) is 25.2. The Kier molecular flexibility index (Phi) is 6.96. The van der Waals surface area contributed by atoms with Crippen molar-refractivity contribution < 1.29 is 24.0 Å². The Bertz CT molecular complexity index is 1210. The molecule has 2 aliphatic heterocycles. The molecule has 0 aromatic heterocycles. The second-order valence-corrected chi connectivity index (χ2v) is 9.17. The molecule has 0 unspecified atom stereocenters. The van der Waals surface area contributed by atoms with Crippen LogP contribution in [0.3, 0.4) is 0 Å². The smallest absolute Gasteiger partial charge is 0.335 e. The monoisotopic (exact) mass is 494 g/mol. The highest BCUT2D eigenvalue weighted by atomic mass is 16.6. The van der Waals surface area contributed by atoms with E-state index >= 15 is 0 Å². The Labute approximate surface area is 209 Å². The predicted octanol–water partition coefficient (Wildman–Crippen LogP) is 4.20. The van der Waals surface area contributed by atoms with Crippen molar-refractivity contribution in [3.63, 3.8) is 0 Å². The summed E-state index contributed by atoms with van der Waals surface area (Å²) >= 11 is 0. The zero-order valence-corrected chi connectivity index (χ0v) is 20.7. The van der Waals surface area contributed by atoms with Crippen LogP contribution < -0.4 is 19.9 Å². The molecule has 2 aromatic rings. The second-order valence-electron chi connectivity index (χ2n) is 9.17. The van der Waals surface area contributed by atoms with Crippen LogP contribution in [0, 0.1) is 15.5 Å². The van der Waals surface area contributed by atoms with Crippen LogP contribution >= 0.6 is 0 Å². The number of nitro benzene ring substituents is 1. The van der Waals surface area contributed by atoms with Crippen LogP contribution in [0.25, 0.3) is 0 Å². The van der Waals surface area contributed by atoms with E-state index in [-0.39, 0.29) is 17.8 Å². The first-order chi connectivity index (χ1) is 17.3. The lowest BCUT2D eigenvalue weighted by Crippen LogP contribution is -2.72. The molecule has 0 aliphatic carbocycles. The van der Waals surface area contributed by atoms with Gasteiger partial charge in [0, 0.05) is 36.9 Å². The minimum absolute atomic E-state index is 0.0459. The van der Waals surface area contributed by atoms with Crippen molar-refractivity contribution in [2.45, 2.75) is 52.0 Å². The highest BCUT2D eigenvalue weighted by molar-refractivity contribution is 6.30. The molecule has 0 saturated carbocycles. The number of urea groups is 1. The lowest BCUT2D eigenvalue weighted by atomic mass is 9.67. The highest BCUT2D eigenvalue weighted by Crippen LogP contribution is 2.47. The number of hydrogen-bond donors (Lipinski definition) is 1. The summed E-state index contributed by atoms with van der Waals surface area (Å²) in [5.74, 6) is -0.853. The van der Waals surface area contributed by atoms with Gasteiger partial charge < -0.3 is 9.64 Å². The van der Waals surface area contributed by atoms with E-state index < -0.39 is 34.2 Å². The normalized spacial score (nSPS) is 21.4. The van der Waals surface area contributed by atoms with Gasteiger partial charge in [0.05, 0.1) is 23.8 Å². The molecule has 1 saturated heterocycles. The van der Waals surface area contributed by atoms with Crippen molar-refractivity contribution >= 4 is 34.9 Å². The minimum atomic E-state index is -1.64. The first-order valence-corrected chi connectivity index (χ1v) is 12.2. The number of imide groups is 2. The fourth-order valence-corrected chi connectivity index (χ4v) is 5.33. The molecule has 0 bridgehead atoms. The number of hydrogen-bond acceptors (Lipinski definition) is 7. The van der Waals surface area contributed by atoms with Gasteiger partial charge in [-0.25, -0.2) is 9.69 Å². The van der Waals surface area contributed by atoms with E-state index in [1.54, 1.807) is 30.3 Å². The number of anilines is 2. The van der Waals surface area contributed by atoms with Gasteiger partial charge in [-0.2, -0.15) is 0 Å². The minimum Gasteiger partial charge on any atom is -0.497 e. The molecule has 190 valence electrons. The van der Waals surface area contributed by atoms with Crippen LogP contribution in [0.5, 0.6) is 5.75 Å². The molecular weight excluding hydrogens is 464 g/mol. The Hall–Kier alpha value is -3.95. The highest BCUT2D eigenvalue weighted by Gasteiger charge is 2.62. The van der Waals surface area contributed by atoms with Crippen molar-refractivity contribution in [2.24, 2.45) is 5.41 Å². The van der Waals surface area contributed by atoms with Crippen molar-refractivity contribution in [3.05, 3.63) is 58.1 Å². The van der Waals surface area contributed by atoms with Gasteiger partial charge in [-0.05, 0) is 36.6 Å². The number of fused-ring (bicyclic) bond motifs is 1. The standard InChI is InChI=1S/C26H30N4O6/c1-4-6-13-28-21-12-11-19(30(34)35)14-17(21)16-26(22(28)8-5-2)23(31)27-25(33)29(24(26)32)18-9-7-10-20(15-18)36-3/h7,9-12,14-15,22H,4-6,8,13,16H2,1-3H3,(H,27,31,33)/t22-,26+/m0/s1. The van der Waals surface area contributed by atoms with Gasteiger partial charge in [0.1, 0.15) is 5.75 Å². The maximum absolute atomic E-state index is 14.3. The number of amides is 4. The Morgan fingerprint density at radius 3 is 2.58 bits per heavy atom. The summed E-state index contributed by atoms with van der Waals surface area (Å²) in [5, 5.41) is 13.9. The fraction of sp³-hybridized carbons (Fsp3) is 0.423. The predicted molar refractivity (Wildman–Crippen MR) is 134 cm³/mol. The molecular formula is C26H30N4O6. The van der Waals surface area contributed by atoms with Crippen molar-refractivity contribution in [1.29, 1.82) is 0 Å². The van der Waals surface area contributed by atoms with Crippen molar-refractivity contribution in [2.75, 3.05) is 23.5 Å². The maximum atomic E-state index is 14.3. The molecule has 2 heterocycles. The van der Waals surface area contributed by atoms with E-state index in [9.17, 15) is 24.5 Å². The maximum Gasteiger partial charge on any atom is 0.335 e. The van der Waals surface area contributed by atoms with Crippen LogP contribution in [0.1, 0.15) is 45.1 Å². The van der Waals surface area contributed by atoms with Gasteiger partial charge in [0.2, 0.25) is 5.91 Å². The molecule has 2 aliphatic rings. The van der Waals surface area contributed by atoms with Gasteiger partial charge in [0.25, 0.3) is 11.6 Å². The topological polar surface area (TPSA) is 122 Å². The number of non-ortho nitro benzene ring substituents is 1. The Morgan fingerprint density at radius 2 is 1.92 bits per heavy atom. The van der Waals surface area contributed by atoms with Crippen molar-refractivity contribution in [1.82, 2.24) is 5.32 Å². The van der Waals surface area contributed by atoms with Gasteiger partial charge in [-0.3, -0.25) is 25.0 Å². The summed E-state index contributed by atoms with van der Waals surface area (Å²) in [6, 6.07) is 9.75. The third-order valence-corrected chi connectivity index (χ3v) is 7.04. The Balaban J connectivity index is 1.91. The van der Waals surface area contributed by atoms with Gasteiger partial charge >= 0.3 is 6.03 Å². The largest absolute Gasteiger partial charge is 0.497 e. The third kappa shape index (κ3) is 4.06. The number of nitrogens with one attached hydrogen (secondary N) is 1. The molecule has 4 amide bonds. The summed E-state index contributed by atoms with van der Waals surface area (Å²) in [5.41, 5.74) is -0.149. The van der Waals surface area contributed by atoms with E-state index in [0.717, 1.165) is 23.4 Å². The van der Waals surface area contributed by atoms with Crippen LogP contribution in [-0.2, 0) is 16.0 Å². The number of ether oxygens (including phenoxy) is 1. The van der Waals surface area contributed by atoms with E-state index in [4.69, 9.17) is 4.74 Å². The molecule has 10 heteroatoms. The summed E-state index contributed by atoms with van der Waals surface area (Å²) < 4.78 is 5.27. The summed E-state index contributed by atoms with van der Waals surface area (Å²) in [6.45, 7) is 4.60. The third-order valence-electron chi connectivity index (χ3n) is 7.04. The van der Waals surface area contributed by atoms with E-state index in [0.29, 0.717) is 30.7 Å². The lowest BCUT2D eigenvalue weighted by molar-refractivity contribution is -0.384. The molecule has 0 radical (unpaired) electrons. The van der Waals surface area contributed by atoms with Gasteiger partial charge in [-0.1, -0.05) is 32.8 Å². The average Bonchev–Trinajstić information content (AvgIpc) is 2.86. The van der Waals surface area contributed by atoms with E-state index in [1.165, 1.54) is 19.2 Å². The van der Waals surface area contributed by atoms with Crippen molar-refractivity contribution in [3.8, 4) is 5.75 Å².